The van der Waals surface area contributed by atoms with Crippen LogP contribution in [-0.2, 0) is 0 Å². The predicted octanol–water partition coefficient (Wildman–Crippen LogP) is 1.55. The van der Waals surface area contributed by atoms with Crippen molar-refractivity contribution in [1.82, 2.24) is 5.32 Å². The Kier molecular flexibility index (Phi) is 2.87. The SMILES string of the molecule is Nc1cc(C2=CCNCC2)ccc1[N+](=O)[O-]. The summed E-state index contributed by atoms with van der Waals surface area (Å²) in [6, 6.07) is 4.90. The van der Waals surface area contributed by atoms with Gasteiger partial charge in [-0.15, -0.1) is 0 Å². The zero-order valence-electron chi connectivity index (χ0n) is 8.77. The van der Waals surface area contributed by atoms with Crippen molar-refractivity contribution in [3.8, 4) is 0 Å². The Balaban J connectivity index is 2.33. The van der Waals surface area contributed by atoms with Crippen molar-refractivity contribution in [2.45, 2.75) is 6.42 Å². The van der Waals surface area contributed by atoms with Crippen LogP contribution in [0, 0.1) is 10.1 Å². The zero-order chi connectivity index (χ0) is 11.5. The first-order chi connectivity index (χ1) is 7.68. The van der Waals surface area contributed by atoms with Crippen LogP contribution in [0.3, 0.4) is 0 Å². The van der Waals surface area contributed by atoms with Crippen molar-refractivity contribution in [1.29, 1.82) is 0 Å². The molecule has 0 saturated heterocycles. The minimum Gasteiger partial charge on any atom is -0.393 e. The van der Waals surface area contributed by atoms with Gasteiger partial charge < -0.3 is 11.1 Å². The van der Waals surface area contributed by atoms with Crippen molar-refractivity contribution in [3.63, 3.8) is 0 Å². The number of hydrogen-bond donors (Lipinski definition) is 2. The maximum atomic E-state index is 10.6. The molecule has 5 heteroatoms. The van der Waals surface area contributed by atoms with E-state index in [0.29, 0.717) is 0 Å². The maximum Gasteiger partial charge on any atom is 0.292 e. The molecular weight excluding hydrogens is 206 g/mol. The number of nitro groups is 1. The van der Waals surface area contributed by atoms with Gasteiger partial charge in [0, 0.05) is 12.6 Å². The monoisotopic (exact) mass is 219 g/mol. The molecule has 1 aliphatic rings. The van der Waals surface area contributed by atoms with Gasteiger partial charge >= 0.3 is 0 Å². The third kappa shape index (κ3) is 2.04. The van der Waals surface area contributed by atoms with Crippen LogP contribution in [-0.4, -0.2) is 18.0 Å². The lowest BCUT2D eigenvalue weighted by atomic mass is 9.99. The van der Waals surface area contributed by atoms with E-state index in [9.17, 15) is 10.1 Å². The van der Waals surface area contributed by atoms with Crippen LogP contribution in [0.15, 0.2) is 24.3 Å². The van der Waals surface area contributed by atoms with Gasteiger partial charge in [0.2, 0.25) is 0 Å². The fourth-order valence-electron chi connectivity index (χ4n) is 1.81. The lowest BCUT2D eigenvalue weighted by molar-refractivity contribution is -0.383. The molecule has 84 valence electrons. The Morgan fingerprint density at radius 1 is 1.44 bits per heavy atom. The van der Waals surface area contributed by atoms with Gasteiger partial charge in [0.25, 0.3) is 5.69 Å². The van der Waals surface area contributed by atoms with Gasteiger partial charge in [0.05, 0.1) is 4.92 Å². The van der Waals surface area contributed by atoms with Crippen molar-refractivity contribution in [2.75, 3.05) is 18.8 Å². The highest BCUT2D eigenvalue weighted by molar-refractivity contribution is 5.72. The fraction of sp³-hybridized carbons (Fsp3) is 0.273. The van der Waals surface area contributed by atoms with Gasteiger partial charge in [-0.25, -0.2) is 0 Å². The summed E-state index contributed by atoms with van der Waals surface area (Å²) in [7, 11) is 0. The summed E-state index contributed by atoms with van der Waals surface area (Å²) in [6.45, 7) is 1.77. The average Bonchev–Trinajstić information content (AvgIpc) is 2.29. The molecule has 0 aromatic heterocycles. The second-order valence-corrected chi connectivity index (χ2v) is 3.71. The number of nitro benzene ring substituents is 1. The Morgan fingerprint density at radius 3 is 2.81 bits per heavy atom. The zero-order valence-corrected chi connectivity index (χ0v) is 8.77. The van der Waals surface area contributed by atoms with Crippen LogP contribution in [0.1, 0.15) is 12.0 Å². The third-order valence-electron chi connectivity index (χ3n) is 2.66. The molecule has 0 amide bonds. The van der Waals surface area contributed by atoms with E-state index in [4.69, 9.17) is 5.73 Å². The average molecular weight is 219 g/mol. The molecule has 1 heterocycles. The summed E-state index contributed by atoms with van der Waals surface area (Å²) in [4.78, 5) is 10.1. The predicted molar refractivity (Wildman–Crippen MR) is 63.0 cm³/mol. The number of nitrogens with zero attached hydrogens (tertiary/aromatic N) is 1. The van der Waals surface area contributed by atoms with Crippen LogP contribution < -0.4 is 11.1 Å². The summed E-state index contributed by atoms with van der Waals surface area (Å²) >= 11 is 0. The van der Waals surface area contributed by atoms with Crippen LogP contribution in [0.2, 0.25) is 0 Å². The van der Waals surface area contributed by atoms with E-state index in [1.54, 1.807) is 12.1 Å². The van der Waals surface area contributed by atoms with E-state index in [0.717, 1.165) is 25.1 Å². The summed E-state index contributed by atoms with van der Waals surface area (Å²) < 4.78 is 0. The second kappa shape index (κ2) is 4.32. The number of nitrogens with one attached hydrogen (secondary N) is 1. The van der Waals surface area contributed by atoms with E-state index in [-0.39, 0.29) is 11.4 Å². The molecular formula is C11H13N3O2. The minimum atomic E-state index is -0.462. The van der Waals surface area contributed by atoms with Gasteiger partial charge in [-0.1, -0.05) is 6.08 Å². The van der Waals surface area contributed by atoms with E-state index in [1.807, 2.05) is 0 Å². The number of anilines is 1. The highest BCUT2D eigenvalue weighted by atomic mass is 16.6. The second-order valence-electron chi connectivity index (χ2n) is 3.71. The fourth-order valence-corrected chi connectivity index (χ4v) is 1.81. The molecule has 0 aliphatic carbocycles. The Bertz CT molecular complexity index is 455. The number of benzene rings is 1. The van der Waals surface area contributed by atoms with Crippen molar-refractivity contribution < 1.29 is 4.92 Å². The minimum absolute atomic E-state index is 0.0294. The molecule has 0 unspecified atom stereocenters. The van der Waals surface area contributed by atoms with E-state index in [2.05, 4.69) is 11.4 Å². The maximum absolute atomic E-state index is 10.6. The molecule has 3 N–H and O–H groups in total. The number of rotatable bonds is 2. The highest BCUT2D eigenvalue weighted by Crippen LogP contribution is 2.27. The van der Waals surface area contributed by atoms with Gasteiger partial charge in [0.15, 0.2) is 0 Å². The van der Waals surface area contributed by atoms with Crippen LogP contribution in [0.25, 0.3) is 5.57 Å². The summed E-state index contributed by atoms with van der Waals surface area (Å²) in [6.07, 6.45) is 3.02. The summed E-state index contributed by atoms with van der Waals surface area (Å²) in [5.41, 5.74) is 8.01. The molecule has 0 saturated carbocycles. The Morgan fingerprint density at radius 2 is 2.25 bits per heavy atom. The largest absolute Gasteiger partial charge is 0.393 e. The molecule has 16 heavy (non-hydrogen) atoms. The molecule has 0 bridgehead atoms. The molecule has 5 nitrogen and oxygen atoms in total. The number of nitrogen functional groups attached to an aromatic ring is 1. The molecule has 0 spiro atoms. The molecule has 1 aromatic carbocycles. The van der Waals surface area contributed by atoms with Gasteiger partial charge in [-0.05, 0) is 36.2 Å². The van der Waals surface area contributed by atoms with Crippen LogP contribution in [0.4, 0.5) is 11.4 Å². The standard InChI is InChI=1S/C11H13N3O2/c12-10-7-9(1-2-11(10)14(15)16)8-3-5-13-6-4-8/h1-3,7,13H,4-6,12H2. The van der Waals surface area contributed by atoms with E-state index in [1.165, 1.54) is 11.6 Å². The first-order valence-corrected chi connectivity index (χ1v) is 5.12. The first kappa shape index (κ1) is 10.6. The first-order valence-electron chi connectivity index (χ1n) is 5.12. The lowest BCUT2D eigenvalue weighted by Gasteiger charge is -2.14. The smallest absolute Gasteiger partial charge is 0.292 e. The van der Waals surface area contributed by atoms with Crippen LogP contribution >= 0.6 is 0 Å². The van der Waals surface area contributed by atoms with Gasteiger partial charge in [0.1, 0.15) is 5.69 Å². The van der Waals surface area contributed by atoms with Crippen molar-refractivity contribution in [2.24, 2.45) is 0 Å². The molecule has 2 rings (SSSR count). The van der Waals surface area contributed by atoms with E-state index >= 15 is 0 Å². The van der Waals surface area contributed by atoms with Crippen molar-refractivity contribution in [3.05, 3.63) is 40.0 Å². The Labute approximate surface area is 93.1 Å². The highest BCUT2D eigenvalue weighted by Gasteiger charge is 2.13. The van der Waals surface area contributed by atoms with E-state index < -0.39 is 4.92 Å². The van der Waals surface area contributed by atoms with Gasteiger partial charge in [-0.3, -0.25) is 10.1 Å². The third-order valence-corrected chi connectivity index (χ3v) is 2.66. The topological polar surface area (TPSA) is 81.2 Å². The summed E-state index contributed by atoms with van der Waals surface area (Å²) in [5.74, 6) is 0. The lowest BCUT2D eigenvalue weighted by Crippen LogP contribution is -2.20. The number of hydrogen-bond acceptors (Lipinski definition) is 4. The summed E-state index contributed by atoms with van der Waals surface area (Å²) in [5, 5.41) is 13.8. The molecule has 1 aromatic rings. The molecule has 0 atom stereocenters. The Hall–Kier alpha value is -1.88. The van der Waals surface area contributed by atoms with Crippen LogP contribution in [0.5, 0.6) is 0 Å². The molecule has 1 aliphatic heterocycles. The number of nitrogens with two attached hydrogens (primary N) is 1. The quantitative estimate of drug-likeness (QED) is 0.449. The molecule has 0 fully saturated rings. The normalized spacial score (nSPS) is 15.6. The van der Waals surface area contributed by atoms with Gasteiger partial charge in [-0.2, -0.15) is 0 Å². The van der Waals surface area contributed by atoms with Crippen molar-refractivity contribution >= 4 is 16.9 Å². The molecule has 0 radical (unpaired) electrons.